The third kappa shape index (κ3) is 2.23. The second kappa shape index (κ2) is 6.65. The molecule has 0 unspecified atom stereocenters. The number of hydrogen-bond acceptors (Lipinski definition) is 0. The number of benzene rings is 3. The molecule has 0 saturated heterocycles. The summed E-state index contributed by atoms with van der Waals surface area (Å²) in [5.41, 5.74) is 7.57. The van der Waals surface area contributed by atoms with Crippen LogP contribution in [0.2, 0.25) is 0 Å². The molecule has 0 aliphatic heterocycles. The van der Waals surface area contributed by atoms with Crippen LogP contribution in [0.4, 0.5) is 0 Å². The van der Waals surface area contributed by atoms with E-state index in [2.05, 4.69) is 105 Å². The van der Waals surface area contributed by atoms with Gasteiger partial charge in [-0.2, -0.15) is 0 Å². The van der Waals surface area contributed by atoms with Crippen LogP contribution < -0.4 is 0 Å². The number of rotatable bonds is 4. The molecule has 1 aliphatic rings. The molecule has 4 rings (SSSR count). The third-order valence-electron chi connectivity index (χ3n) is 5.31. The molecule has 0 spiro atoms. The van der Waals surface area contributed by atoms with Gasteiger partial charge in [-0.15, -0.1) is 0 Å². The smallest absolute Gasteiger partial charge is 0.0710 e. The predicted octanol–water partition coefficient (Wildman–Crippen LogP) is 6.69. The van der Waals surface area contributed by atoms with Crippen molar-refractivity contribution in [3.63, 3.8) is 0 Å². The molecule has 0 aromatic heterocycles. The highest BCUT2D eigenvalue weighted by molar-refractivity contribution is 5.86. The second-order valence-corrected chi connectivity index (χ2v) is 6.55. The molecule has 0 bridgehead atoms. The van der Waals surface area contributed by atoms with Crippen molar-refractivity contribution in [2.24, 2.45) is 0 Å². The van der Waals surface area contributed by atoms with Gasteiger partial charge in [-0.25, -0.2) is 0 Å². The van der Waals surface area contributed by atoms with Crippen LogP contribution in [0.5, 0.6) is 0 Å². The Hall–Kier alpha value is -3.12. The zero-order valence-electron chi connectivity index (χ0n) is 15.0. The molecule has 0 heteroatoms. The first-order chi connectivity index (χ1) is 12.8. The minimum atomic E-state index is -0.303. The van der Waals surface area contributed by atoms with Crippen molar-refractivity contribution in [3.05, 3.63) is 132 Å². The van der Waals surface area contributed by atoms with E-state index in [1.165, 1.54) is 33.4 Å². The highest BCUT2D eigenvalue weighted by atomic mass is 14.5. The van der Waals surface area contributed by atoms with Crippen LogP contribution in [-0.4, -0.2) is 0 Å². The van der Waals surface area contributed by atoms with Crippen molar-refractivity contribution in [2.45, 2.75) is 12.3 Å². The summed E-state index contributed by atoms with van der Waals surface area (Å²) < 4.78 is 0. The van der Waals surface area contributed by atoms with Gasteiger partial charge < -0.3 is 0 Å². The highest BCUT2D eigenvalue weighted by Gasteiger charge is 2.45. The topological polar surface area (TPSA) is 0 Å². The maximum Gasteiger partial charge on any atom is 0.0710 e. The molecule has 3 aromatic carbocycles. The maximum atomic E-state index is 3.86. The fourth-order valence-electron chi connectivity index (χ4n) is 4.32. The van der Waals surface area contributed by atoms with E-state index in [4.69, 9.17) is 0 Å². The number of fused-ring (bicyclic) bond motifs is 3. The Morgan fingerprint density at radius 2 is 1.31 bits per heavy atom. The van der Waals surface area contributed by atoms with E-state index >= 15 is 0 Å². The summed E-state index contributed by atoms with van der Waals surface area (Å²) in [5, 5.41) is 0. The van der Waals surface area contributed by atoms with Crippen LogP contribution in [0.25, 0.3) is 11.1 Å². The van der Waals surface area contributed by atoms with E-state index in [1.807, 2.05) is 12.2 Å². The first-order valence-electron chi connectivity index (χ1n) is 9.04. The fourth-order valence-corrected chi connectivity index (χ4v) is 4.32. The van der Waals surface area contributed by atoms with Crippen molar-refractivity contribution >= 4 is 0 Å². The van der Waals surface area contributed by atoms with Crippen molar-refractivity contribution in [3.8, 4) is 11.1 Å². The van der Waals surface area contributed by atoms with Gasteiger partial charge in [-0.05, 0) is 40.3 Å². The zero-order chi connectivity index (χ0) is 18.0. The van der Waals surface area contributed by atoms with E-state index in [9.17, 15) is 0 Å². The molecule has 3 aromatic rings. The molecule has 0 heterocycles. The van der Waals surface area contributed by atoms with Gasteiger partial charge in [0.15, 0.2) is 0 Å². The van der Waals surface area contributed by atoms with Crippen LogP contribution in [0, 0.1) is 0 Å². The van der Waals surface area contributed by atoms with Crippen LogP contribution in [-0.2, 0) is 5.41 Å². The largest absolute Gasteiger partial charge is 0.0991 e. The van der Waals surface area contributed by atoms with Gasteiger partial charge in [0, 0.05) is 0 Å². The van der Waals surface area contributed by atoms with E-state index in [0.717, 1.165) is 0 Å². The van der Waals surface area contributed by atoms with Crippen LogP contribution >= 0.6 is 0 Å². The minimum Gasteiger partial charge on any atom is -0.0991 e. The normalized spacial score (nSPS) is 14.9. The Morgan fingerprint density at radius 1 is 0.769 bits per heavy atom. The Kier molecular flexibility index (Phi) is 4.18. The summed E-state index contributed by atoms with van der Waals surface area (Å²) in [6.07, 6.45) is 8.29. The van der Waals surface area contributed by atoms with Crippen molar-refractivity contribution < 1.29 is 0 Å². The summed E-state index contributed by atoms with van der Waals surface area (Å²) in [6, 6.07) is 28.4. The molecule has 0 radical (unpaired) electrons. The minimum absolute atomic E-state index is 0.303. The summed E-state index contributed by atoms with van der Waals surface area (Å²) in [5.74, 6) is 0. The Morgan fingerprint density at radius 3 is 1.85 bits per heavy atom. The Labute approximate surface area is 155 Å². The third-order valence-corrected chi connectivity index (χ3v) is 5.31. The summed E-state index contributed by atoms with van der Waals surface area (Å²) in [4.78, 5) is 0. The molecular weight excluding hydrogens is 312 g/mol. The molecule has 126 valence electrons. The first kappa shape index (κ1) is 16.4. The first-order valence-corrected chi connectivity index (χ1v) is 9.04. The van der Waals surface area contributed by atoms with Crippen molar-refractivity contribution in [2.75, 3.05) is 0 Å². The van der Waals surface area contributed by atoms with E-state index < -0.39 is 0 Å². The lowest BCUT2D eigenvalue weighted by Crippen LogP contribution is -2.28. The molecule has 0 saturated carbocycles. The van der Waals surface area contributed by atoms with E-state index in [1.54, 1.807) is 0 Å². The van der Waals surface area contributed by atoms with Crippen molar-refractivity contribution in [1.82, 2.24) is 0 Å². The molecular formula is C26H22. The molecule has 0 fully saturated rings. The number of hydrogen-bond donors (Lipinski definition) is 0. The van der Waals surface area contributed by atoms with Gasteiger partial charge in [-0.1, -0.05) is 110 Å². The monoisotopic (exact) mass is 334 g/mol. The molecule has 0 amide bonds. The SMILES string of the molecule is C=C/C=C\C(=C/C)C1(c2ccccc2)c2ccccc2-c2ccccc21. The average Bonchev–Trinajstić information content (AvgIpc) is 3.01. The van der Waals surface area contributed by atoms with E-state index in [-0.39, 0.29) is 5.41 Å². The van der Waals surface area contributed by atoms with Gasteiger partial charge in [0.1, 0.15) is 0 Å². The van der Waals surface area contributed by atoms with Crippen LogP contribution in [0.15, 0.2) is 115 Å². The molecule has 26 heavy (non-hydrogen) atoms. The van der Waals surface area contributed by atoms with Gasteiger partial charge in [0.25, 0.3) is 0 Å². The van der Waals surface area contributed by atoms with Gasteiger partial charge in [-0.3, -0.25) is 0 Å². The van der Waals surface area contributed by atoms with Gasteiger partial charge >= 0.3 is 0 Å². The zero-order valence-corrected chi connectivity index (χ0v) is 15.0. The van der Waals surface area contributed by atoms with Gasteiger partial charge in [0.2, 0.25) is 0 Å². The standard InChI is InChI=1S/C26H22/c1-3-5-13-20(4-2)26(21-14-7-6-8-15-21)24-18-11-9-16-22(24)23-17-10-12-19-25(23)26/h3-19H,1H2,2H3/b13-5-,20-4+. The molecule has 0 atom stereocenters. The van der Waals surface area contributed by atoms with Gasteiger partial charge in [0.05, 0.1) is 5.41 Å². The average molecular weight is 334 g/mol. The van der Waals surface area contributed by atoms with Crippen molar-refractivity contribution in [1.29, 1.82) is 0 Å². The highest BCUT2D eigenvalue weighted by Crippen LogP contribution is 2.56. The molecule has 0 nitrogen and oxygen atoms in total. The fraction of sp³-hybridized carbons (Fsp3) is 0.0769. The summed E-state index contributed by atoms with van der Waals surface area (Å²) >= 11 is 0. The maximum absolute atomic E-state index is 3.86. The second-order valence-electron chi connectivity index (χ2n) is 6.55. The lowest BCUT2D eigenvalue weighted by atomic mass is 9.67. The van der Waals surface area contributed by atoms with Crippen LogP contribution in [0.3, 0.4) is 0 Å². The predicted molar refractivity (Wildman–Crippen MR) is 111 cm³/mol. The molecule has 1 aliphatic carbocycles. The van der Waals surface area contributed by atoms with Crippen LogP contribution in [0.1, 0.15) is 23.6 Å². The summed E-state index contributed by atoms with van der Waals surface area (Å²) in [7, 11) is 0. The number of allylic oxidation sites excluding steroid dienone is 5. The summed E-state index contributed by atoms with van der Waals surface area (Å²) in [6.45, 7) is 5.99. The van der Waals surface area contributed by atoms with E-state index in [0.29, 0.717) is 0 Å². The quantitative estimate of drug-likeness (QED) is 0.466. The molecule has 0 N–H and O–H groups in total. The Bertz CT molecular complexity index is 957. The lowest BCUT2D eigenvalue weighted by Gasteiger charge is -2.34. The Balaban J connectivity index is 2.16. The lowest BCUT2D eigenvalue weighted by molar-refractivity contribution is 0.765.